The van der Waals surface area contributed by atoms with Gasteiger partial charge in [-0.05, 0) is 24.3 Å². The smallest absolute Gasteiger partial charge is 0.217 e. The topological polar surface area (TPSA) is 17.1 Å². The minimum absolute atomic E-state index is 0.245. The molecule has 0 amide bonds. The van der Waals surface area contributed by atoms with Crippen molar-refractivity contribution in [2.75, 3.05) is 0 Å². The van der Waals surface area contributed by atoms with Crippen LogP contribution in [0.4, 0.5) is 0 Å². The molecule has 4 heteroatoms. The van der Waals surface area contributed by atoms with Crippen molar-refractivity contribution < 1.29 is 4.79 Å². The number of hydrogen-bond donors (Lipinski definition) is 3. The first-order valence-electron chi connectivity index (χ1n) is 4.86. The fourth-order valence-corrected chi connectivity index (χ4v) is 1.80. The summed E-state index contributed by atoms with van der Waals surface area (Å²) in [5, 5.41) is -0.245. The van der Waals surface area contributed by atoms with Crippen LogP contribution in [0.2, 0.25) is 0 Å². The summed E-state index contributed by atoms with van der Waals surface area (Å²) in [6, 6.07) is 16.8. The molecule has 1 nitrogen and oxygen atoms in total. The molecule has 0 saturated heterocycles. The third-order valence-electron chi connectivity index (χ3n) is 1.89. The second kappa shape index (κ2) is 7.48. The van der Waals surface area contributed by atoms with Crippen molar-refractivity contribution in [1.29, 1.82) is 0 Å². The van der Waals surface area contributed by atoms with E-state index in [-0.39, 0.29) is 5.12 Å². The van der Waals surface area contributed by atoms with Gasteiger partial charge < -0.3 is 0 Å². The lowest BCUT2D eigenvalue weighted by atomic mass is 10.2. The summed E-state index contributed by atoms with van der Waals surface area (Å²) >= 11 is 11.8. The maximum atomic E-state index is 10.7. The Morgan fingerprint density at radius 2 is 1.35 bits per heavy atom. The highest BCUT2D eigenvalue weighted by atomic mass is 32.1. The van der Waals surface area contributed by atoms with Gasteiger partial charge in [0.1, 0.15) is 0 Å². The second-order valence-corrected chi connectivity index (χ2v) is 4.56. The molecule has 0 radical (unpaired) electrons. The van der Waals surface area contributed by atoms with Crippen LogP contribution in [0.5, 0.6) is 0 Å². The fourth-order valence-electron chi connectivity index (χ4n) is 1.08. The highest BCUT2D eigenvalue weighted by Gasteiger charge is 2.01. The molecule has 0 aliphatic rings. The Morgan fingerprint density at radius 3 is 1.71 bits per heavy atom. The van der Waals surface area contributed by atoms with E-state index in [0.29, 0.717) is 10.5 Å². The third kappa shape index (κ3) is 5.35. The summed E-state index contributed by atoms with van der Waals surface area (Å²) in [7, 11) is 0. The zero-order valence-corrected chi connectivity index (χ0v) is 11.6. The van der Waals surface area contributed by atoms with Crippen LogP contribution in [-0.4, -0.2) is 5.12 Å². The highest BCUT2D eigenvalue weighted by Crippen LogP contribution is 2.14. The quantitative estimate of drug-likeness (QED) is 0.673. The van der Waals surface area contributed by atoms with E-state index >= 15 is 0 Å². The van der Waals surface area contributed by atoms with Gasteiger partial charge in [0.15, 0.2) is 0 Å². The predicted octanol–water partition coefficient (Wildman–Crippen LogP) is 4.02. The average molecular weight is 280 g/mol. The Morgan fingerprint density at radius 1 is 0.824 bits per heavy atom. The Hall–Kier alpha value is -0.840. The molecule has 0 N–H and O–H groups in total. The van der Waals surface area contributed by atoms with Gasteiger partial charge in [-0.15, -0.1) is 37.9 Å². The van der Waals surface area contributed by atoms with Crippen LogP contribution in [0.15, 0.2) is 64.4 Å². The molecule has 2 rings (SSSR count). The molecule has 0 aliphatic heterocycles. The Balaban J connectivity index is 0.000000181. The Labute approximate surface area is 117 Å². The van der Waals surface area contributed by atoms with Crippen molar-refractivity contribution in [1.82, 2.24) is 0 Å². The van der Waals surface area contributed by atoms with Crippen molar-refractivity contribution in [3.8, 4) is 0 Å². The van der Waals surface area contributed by atoms with Crippen LogP contribution in [0.25, 0.3) is 0 Å². The van der Waals surface area contributed by atoms with Crippen LogP contribution in [0.1, 0.15) is 10.4 Å². The molecule has 0 aliphatic carbocycles. The molecular weight excluding hydrogens is 268 g/mol. The number of carbonyl (C=O) groups excluding carboxylic acids is 1. The molecule has 0 fully saturated rings. The number of thiol groups is 3. The van der Waals surface area contributed by atoms with E-state index in [4.69, 9.17) is 0 Å². The normalized spacial score (nSPS) is 9.12. The summed E-state index contributed by atoms with van der Waals surface area (Å²) in [6.07, 6.45) is 0. The lowest BCUT2D eigenvalue weighted by molar-refractivity contribution is 0.108. The Bertz CT molecular complexity index is 483. The van der Waals surface area contributed by atoms with E-state index in [1.54, 1.807) is 18.2 Å². The number of benzene rings is 2. The molecule has 88 valence electrons. The van der Waals surface area contributed by atoms with Crippen molar-refractivity contribution in [3.63, 3.8) is 0 Å². The van der Waals surface area contributed by atoms with Gasteiger partial charge in [-0.25, -0.2) is 0 Å². The SMILES string of the molecule is O=C(S)c1ccccc1S.Sc1ccccc1. The van der Waals surface area contributed by atoms with Gasteiger partial charge in [-0.2, -0.15) is 0 Å². The fraction of sp³-hybridized carbons (Fsp3) is 0. The van der Waals surface area contributed by atoms with Crippen LogP contribution in [0.3, 0.4) is 0 Å². The summed E-state index contributed by atoms with van der Waals surface area (Å²) in [6.45, 7) is 0. The van der Waals surface area contributed by atoms with Crippen LogP contribution >= 0.6 is 37.9 Å². The minimum Gasteiger partial charge on any atom is -0.282 e. The Kier molecular flexibility index (Phi) is 6.26. The zero-order chi connectivity index (χ0) is 12.7. The number of carbonyl (C=O) groups is 1. The molecule has 0 aromatic heterocycles. The van der Waals surface area contributed by atoms with Crippen molar-refractivity contribution in [2.45, 2.75) is 9.79 Å². The second-order valence-electron chi connectivity index (χ2n) is 3.16. The molecule has 2 aromatic rings. The van der Waals surface area contributed by atoms with Gasteiger partial charge in [0.2, 0.25) is 5.12 Å². The third-order valence-corrected chi connectivity index (χ3v) is 2.82. The largest absolute Gasteiger partial charge is 0.282 e. The lowest BCUT2D eigenvalue weighted by Crippen LogP contribution is -1.88. The van der Waals surface area contributed by atoms with E-state index in [9.17, 15) is 4.79 Å². The van der Waals surface area contributed by atoms with Crippen molar-refractivity contribution >= 4 is 43.0 Å². The van der Waals surface area contributed by atoms with Crippen molar-refractivity contribution in [2.24, 2.45) is 0 Å². The molecule has 0 unspecified atom stereocenters. The first-order valence-corrected chi connectivity index (χ1v) is 6.20. The highest BCUT2D eigenvalue weighted by molar-refractivity contribution is 7.97. The molecular formula is C13H12OS3. The first kappa shape index (κ1) is 14.2. The van der Waals surface area contributed by atoms with E-state index in [1.807, 2.05) is 36.4 Å². The van der Waals surface area contributed by atoms with Gasteiger partial charge in [-0.3, -0.25) is 4.79 Å². The van der Waals surface area contributed by atoms with Crippen LogP contribution in [-0.2, 0) is 0 Å². The van der Waals surface area contributed by atoms with Gasteiger partial charge in [-0.1, -0.05) is 30.3 Å². The predicted molar refractivity (Wildman–Crippen MR) is 80.7 cm³/mol. The van der Waals surface area contributed by atoms with E-state index < -0.39 is 0 Å². The monoisotopic (exact) mass is 280 g/mol. The minimum atomic E-state index is -0.245. The maximum Gasteiger partial charge on any atom is 0.217 e. The molecule has 0 saturated carbocycles. The zero-order valence-electron chi connectivity index (χ0n) is 8.95. The van der Waals surface area contributed by atoms with Gasteiger partial charge in [0.25, 0.3) is 0 Å². The molecule has 17 heavy (non-hydrogen) atoms. The lowest BCUT2D eigenvalue weighted by Gasteiger charge is -1.96. The average Bonchev–Trinajstić information content (AvgIpc) is 2.31. The summed E-state index contributed by atoms with van der Waals surface area (Å²) in [4.78, 5) is 12.4. The first-order chi connectivity index (χ1) is 8.11. The summed E-state index contributed by atoms with van der Waals surface area (Å²) in [5.41, 5.74) is 0.550. The summed E-state index contributed by atoms with van der Waals surface area (Å²) < 4.78 is 0. The van der Waals surface area contributed by atoms with Gasteiger partial charge in [0, 0.05) is 15.4 Å². The van der Waals surface area contributed by atoms with E-state index in [2.05, 4.69) is 37.9 Å². The van der Waals surface area contributed by atoms with Crippen LogP contribution in [0, 0.1) is 0 Å². The number of hydrogen-bond acceptors (Lipinski definition) is 3. The molecule has 0 atom stereocenters. The summed E-state index contributed by atoms with van der Waals surface area (Å²) in [5.74, 6) is 0. The molecule has 0 bridgehead atoms. The maximum absolute atomic E-state index is 10.7. The van der Waals surface area contributed by atoms with Gasteiger partial charge in [0.05, 0.1) is 0 Å². The van der Waals surface area contributed by atoms with Crippen LogP contribution < -0.4 is 0 Å². The van der Waals surface area contributed by atoms with E-state index in [1.165, 1.54) is 0 Å². The van der Waals surface area contributed by atoms with Gasteiger partial charge >= 0.3 is 0 Å². The molecule has 0 heterocycles. The van der Waals surface area contributed by atoms with E-state index in [0.717, 1.165) is 4.90 Å². The number of rotatable bonds is 1. The van der Waals surface area contributed by atoms with Crippen molar-refractivity contribution in [3.05, 3.63) is 60.2 Å². The standard InChI is InChI=1S/C7H6OS2.C6H6S/c8-7(10)5-3-1-2-4-6(5)9;7-6-4-2-1-3-5-6/h1-4,9H,(H,8,10);1-5,7H. The molecule has 0 spiro atoms. The molecule has 2 aromatic carbocycles.